The third-order valence-electron chi connectivity index (χ3n) is 2.83. The predicted octanol–water partition coefficient (Wildman–Crippen LogP) is 4.03. The normalized spacial score (nSPS) is 13.2. The minimum absolute atomic E-state index is 0.183. The standard InChI is InChI=1S/C14H13Cl2NO2S/c1-10(11-2-4-12(15)5-3-11)17-20(18,19)14-8-6-13(16)7-9-14/h2-10,17H,1H3/t10-/m0/s1. The van der Waals surface area contributed by atoms with Crippen LogP contribution < -0.4 is 4.72 Å². The largest absolute Gasteiger partial charge is 0.241 e. The average Bonchev–Trinajstić information content (AvgIpc) is 2.39. The van der Waals surface area contributed by atoms with Gasteiger partial charge < -0.3 is 0 Å². The maximum Gasteiger partial charge on any atom is 0.241 e. The van der Waals surface area contributed by atoms with Crippen LogP contribution in [0.5, 0.6) is 0 Å². The molecule has 2 rings (SSSR count). The highest BCUT2D eigenvalue weighted by Crippen LogP contribution is 2.20. The maximum absolute atomic E-state index is 12.2. The Balaban J connectivity index is 2.19. The number of hydrogen-bond donors (Lipinski definition) is 1. The molecular weight excluding hydrogens is 317 g/mol. The minimum atomic E-state index is -3.58. The lowest BCUT2D eigenvalue weighted by atomic mass is 10.1. The molecule has 0 amide bonds. The molecular formula is C14H13Cl2NO2S. The van der Waals surface area contributed by atoms with Gasteiger partial charge in [0.1, 0.15) is 0 Å². The summed E-state index contributed by atoms with van der Waals surface area (Å²) in [5.74, 6) is 0. The van der Waals surface area contributed by atoms with E-state index in [0.29, 0.717) is 10.0 Å². The van der Waals surface area contributed by atoms with Crippen molar-refractivity contribution in [3.63, 3.8) is 0 Å². The van der Waals surface area contributed by atoms with Crippen molar-refractivity contribution in [2.24, 2.45) is 0 Å². The lowest BCUT2D eigenvalue weighted by Gasteiger charge is -2.14. The van der Waals surface area contributed by atoms with Crippen molar-refractivity contribution in [1.82, 2.24) is 4.72 Å². The van der Waals surface area contributed by atoms with Gasteiger partial charge >= 0.3 is 0 Å². The van der Waals surface area contributed by atoms with Crippen LogP contribution >= 0.6 is 23.2 Å². The fourth-order valence-corrected chi connectivity index (χ4v) is 3.22. The molecule has 0 spiro atoms. The third kappa shape index (κ3) is 3.73. The van der Waals surface area contributed by atoms with Gasteiger partial charge in [0.25, 0.3) is 0 Å². The van der Waals surface area contributed by atoms with Crippen molar-refractivity contribution in [3.05, 3.63) is 64.1 Å². The molecule has 0 aliphatic carbocycles. The molecule has 1 N–H and O–H groups in total. The number of hydrogen-bond acceptors (Lipinski definition) is 2. The molecule has 0 saturated heterocycles. The van der Waals surface area contributed by atoms with E-state index in [0.717, 1.165) is 5.56 Å². The monoisotopic (exact) mass is 329 g/mol. The summed E-state index contributed by atoms with van der Waals surface area (Å²) < 4.78 is 27.0. The molecule has 2 aromatic rings. The van der Waals surface area contributed by atoms with Crippen molar-refractivity contribution in [2.75, 3.05) is 0 Å². The molecule has 1 atom stereocenters. The molecule has 0 saturated carbocycles. The highest BCUT2D eigenvalue weighted by Gasteiger charge is 2.18. The lowest BCUT2D eigenvalue weighted by Crippen LogP contribution is -2.26. The van der Waals surface area contributed by atoms with Crippen molar-refractivity contribution >= 4 is 33.2 Å². The van der Waals surface area contributed by atoms with Gasteiger partial charge in [0.2, 0.25) is 10.0 Å². The van der Waals surface area contributed by atoms with Crippen LogP contribution in [-0.4, -0.2) is 8.42 Å². The molecule has 6 heteroatoms. The average molecular weight is 330 g/mol. The van der Waals surface area contributed by atoms with Gasteiger partial charge in [-0.1, -0.05) is 35.3 Å². The summed E-state index contributed by atoms with van der Waals surface area (Å²) in [6.45, 7) is 1.77. The Hall–Kier alpha value is -1.07. The second-order valence-electron chi connectivity index (χ2n) is 4.35. The molecule has 20 heavy (non-hydrogen) atoms. The number of nitrogens with one attached hydrogen (secondary N) is 1. The maximum atomic E-state index is 12.2. The molecule has 3 nitrogen and oxygen atoms in total. The van der Waals surface area contributed by atoms with E-state index in [1.165, 1.54) is 12.1 Å². The number of rotatable bonds is 4. The fourth-order valence-electron chi connectivity index (χ4n) is 1.73. The molecule has 0 aromatic heterocycles. The molecule has 0 unspecified atom stereocenters. The number of halogens is 2. The summed E-state index contributed by atoms with van der Waals surface area (Å²) in [6.07, 6.45) is 0. The topological polar surface area (TPSA) is 46.2 Å². The summed E-state index contributed by atoms with van der Waals surface area (Å²) in [5.41, 5.74) is 0.840. The summed E-state index contributed by atoms with van der Waals surface area (Å²) in [7, 11) is -3.58. The predicted molar refractivity (Wildman–Crippen MR) is 81.6 cm³/mol. The van der Waals surface area contributed by atoms with E-state index in [1.54, 1.807) is 43.3 Å². The summed E-state index contributed by atoms with van der Waals surface area (Å²) >= 11 is 11.6. The quantitative estimate of drug-likeness (QED) is 0.920. The minimum Gasteiger partial charge on any atom is -0.207 e. The molecule has 0 aliphatic rings. The Morgan fingerprint density at radius 2 is 1.35 bits per heavy atom. The highest BCUT2D eigenvalue weighted by atomic mass is 35.5. The van der Waals surface area contributed by atoms with Gasteiger partial charge in [0.15, 0.2) is 0 Å². The Morgan fingerprint density at radius 3 is 1.85 bits per heavy atom. The second-order valence-corrected chi connectivity index (χ2v) is 6.94. The smallest absolute Gasteiger partial charge is 0.207 e. The van der Waals surface area contributed by atoms with Crippen molar-refractivity contribution in [1.29, 1.82) is 0 Å². The van der Waals surface area contributed by atoms with E-state index in [2.05, 4.69) is 4.72 Å². The van der Waals surface area contributed by atoms with E-state index in [9.17, 15) is 8.42 Å². The van der Waals surface area contributed by atoms with Crippen LogP contribution in [-0.2, 0) is 10.0 Å². The van der Waals surface area contributed by atoms with E-state index in [1.807, 2.05) is 0 Å². The molecule has 2 aromatic carbocycles. The molecule has 0 radical (unpaired) electrons. The van der Waals surface area contributed by atoms with Gasteiger partial charge in [0, 0.05) is 16.1 Å². The number of sulfonamides is 1. The van der Waals surface area contributed by atoms with Crippen LogP contribution in [0.25, 0.3) is 0 Å². The van der Waals surface area contributed by atoms with Crippen LogP contribution in [0.3, 0.4) is 0 Å². The van der Waals surface area contributed by atoms with Crippen molar-refractivity contribution in [3.8, 4) is 0 Å². The Bertz CT molecular complexity index is 682. The van der Waals surface area contributed by atoms with Gasteiger partial charge in [-0.2, -0.15) is 0 Å². The summed E-state index contributed by atoms with van der Waals surface area (Å²) in [4.78, 5) is 0.183. The molecule has 106 valence electrons. The van der Waals surface area contributed by atoms with E-state index in [4.69, 9.17) is 23.2 Å². The molecule has 0 aliphatic heterocycles. The SMILES string of the molecule is C[C@H](NS(=O)(=O)c1ccc(Cl)cc1)c1ccc(Cl)cc1. The van der Waals surface area contributed by atoms with E-state index < -0.39 is 10.0 Å². The van der Waals surface area contributed by atoms with Crippen LogP contribution in [0.2, 0.25) is 10.0 Å². The molecule has 0 heterocycles. The van der Waals surface area contributed by atoms with Gasteiger partial charge in [-0.3, -0.25) is 0 Å². The summed E-state index contributed by atoms with van der Waals surface area (Å²) in [6, 6.07) is 12.7. The van der Waals surface area contributed by atoms with Crippen LogP contribution in [0, 0.1) is 0 Å². The zero-order valence-electron chi connectivity index (χ0n) is 10.7. The Morgan fingerprint density at radius 1 is 0.900 bits per heavy atom. The Labute approximate surface area is 128 Å². The fraction of sp³-hybridized carbons (Fsp3) is 0.143. The van der Waals surface area contributed by atoms with Crippen LogP contribution in [0.15, 0.2) is 53.4 Å². The zero-order valence-corrected chi connectivity index (χ0v) is 13.0. The van der Waals surface area contributed by atoms with E-state index >= 15 is 0 Å². The lowest BCUT2D eigenvalue weighted by molar-refractivity contribution is 0.567. The van der Waals surface area contributed by atoms with E-state index in [-0.39, 0.29) is 10.9 Å². The second kappa shape index (κ2) is 6.14. The van der Waals surface area contributed by atoms with Gasteiger partial charge in [-0.05, 0) is 48.9 Å². The first kappa shape index (κ1) is 15.3. The molecule has 0 fully saturated rings. The highest BCUT2D eigenvalue weighted by molar-refractivity contribution is 7.89. The van der Waals surface area contributed by atoms with Crippen LogP contribution in [0.4, 0.5) is 0 Å². The first-order valence-corrected chi connectivity index (χ1v) is 8.16. The van der Waals surface area contributed by atoms with Crippen LogP contribution in [0.1, 0.15) is 18.5 Å². The summed E-state index contributed by atoms with van der Waals surface area (Å²) in [5, 5.41) is 1.11. The van der Waals surface area contributed by atoms with Gasteiger partial charge in [-0.15, -0.1) is 0 Å². The first-order valence-electron chi connectivity index (χ1n) is 5.92. The Kier molecular flexibility index (Phi) is 4.70. The third-order valence-corrected chi connectivity index (χ3v) is 4.89. The zero-order chi connectivity index (χ0) is 14.8. The number of benzene rings is 2. The van der Waals surface area contributed by atoms with Gasteiger partial charge in [-0.25, -0.2) is 13.1 Å². The van der Waals surface area contributed by atoms with Crippen molar-refractivity contribution < 1.29 is 8.42 Å². The van der Waals surface area contributed by atoms with Crippen molar-refractivity contribution in [2.45, 2.75) is 17.9 Å². The molecule has 0 bridgehead atoms. The van der Waals surface area contributed by atoms with Gasteiger partial charge in [0.05, 0.1) is 4.90 Å². The first-order chi connectivity index (χ1) is 9.38.